The topological polar surface area (TPSA) is 96.7 Å². The number of amides is 1. The molecule has 0 spiro atoms. The van der Waals surface area contributed by atoms with E-state index < -0.39 is 0 Å². The summed E-state index contributed by atoms with van der Waals surface area (Å²) < 4.78 is 1.55. The van der Waals surface area contributed by atoms with E-state index in [9.17, 15) is 4.79 Å². The Hall–Kier alpha value is -2.81. The van der Waals surface area contributed by atoms with Crippen molar-refractivity contribution in [2.75, 3.05) is 5.73 Å². The largest absolute Gasteiger partial charge is 0.396 e. The Bertz CT molecular complexity index is 668. The molecule has 6 heteroatoms. The lowest BCUT2D eigenvalue weighted by atomic mass is 10.1. The zero-order chi connectivity index (χ0) is 14.5. The fraction of sp³-hybridized carbons (Fsp3) is 0.214. The number of anilines is 1. The van der Waals surface area contributed by atoms with Crippen LogP contribution < -0.4 is 11.1 Å². The molecule has 0 fully saturated rings. The van der Waals surface area contributed by atoms with Crippen LogP contribution in [0.15, 0.2) is 30.5 Å². The van der Waals surface area contributed by atoms with Gasteiger partial charge in [0.2, 0.25) is 0 Å². The number of aromatic nitrogens is 2. The number of aryl methyl sites for hydroxylation is 1. The van der Waals surface area contributed by atoms with Gasteiger partial charge in [-0.25, -0.2) is 0 Å². The summed E-state index contributed by atoms with van der Waals surface area (Å²) in [7, 11) is 0. The molecule has 0 aliphatic rings. The van der Waals surface area contributed by atoms with Crippen molar-refractivity contribution < 1.29 is 4.79 Å². The lowest BCUT2D eigenvalue weighted by Crippen LogP contribution is -2.26. The number of nitrogens with zero attached hydrogens (tertiary/aromatic N) is 3. The normalized spacial score (nSPS) is 10.0. The van der Waals surface area contributed by atoms with Crippen LogP contribution in [0.4, 0.5) is 5.69 Å². The minimum atomic E-state index is -0.274. The molecule has 0 atom stereocenters. The summed E-state index contributed by atoms with van der Waals surface area (Å²) in [4.78, 5) is 12.1. The number of carbonyl (C=O) groups is 1. The van der Waals surface area contributed by atoms with E-state index in [2.05, 4.69) is 16.5 Å². The van der Waals surface area contributed by atoms with Gasteiger partial charge < -0.3 is 11.1 Å². The molecule has 2 aromatic rings. The standard InChI is InChI=1S/C14H15N5O/c1-2-19-13(12(16)9-18-19)14(20)17-8-11-5-3-4-10(6-11)7-15/h3-6,9H,2,8,16H2,1H3,(H,17,20). The molecule has 1 aromatic heterocycles. The predicted molar refractivity (Wildman–Crippen MR) is 74.6 cm³/mol. The lowest BCUT2D eigenvalue weighted by molar-refractivity contribution is 0.0941. The van der Waals surface area contributed by atoms with Crippen LogP contribution in [0, 0.1) is 11.3 Å². The molecule has 102 valence electrons. The smallest absolute Gasteiger partial charge is 0.271 e. The fourth-order valence-corrected chi connectivity index (χ4v) is 1.90. The fourth-order valence-electron chi connectivity index (χ4n) is 1.90. The van der Waals surface area contributed by atoms with Crippen LogP contribution in [0.25, 0.3) is 0 Å². The van der Waals surface area contributed by atoms with E-state index in [0.29, 0.717) is 30.0 Å². The molecule has 2 rings (SSSR count). The van der Waals surface area contributed by atoms with Crippen molar-refractivity contribution in [1.82, 2.24) is 15.1 Å². The highest BCUT2D eigenvalue weighted by molar-refractivity contribution is 5.97. The van der Waals surface area contributed by atoms with Gasteiger partial charge >= 0.3 is 0 Å². The molecule has 0 aliphatic heterocycles. The van der Waals surface area contributed by atoms with Gasteiger partial charge in [0.1, 0.15) is 5.69 Å². The van der Waals surface area contributed by atoms with Gasteiger partial charge in [0.15, 0.2) is 0 Å². The molecule has 0 bridgehead atoms. The maximum Gasteiger partial charge on any atom is 0.271 e. The van der Waals surface area contributed by atoms with Crippen LogP contribution in [0.1, 0.15) is 28.5 Å². The van der Waals surface area contributed by atoms with Gasteiger partial charge in [0, 0.05) is 13.1 Å². The molecule has 3 N–H and O–H groups in total. The Balaban J connectivity index is 2.09. The van der Waals surface area contributed by atoms with E-state index in [4.69, 9.17) is 11.0 Å². The van der Waals surface area contributed by atoms with Crippen molar-refractivity contribution in [2.45, 2.75) is 20.0 Å². The van der Waals surface area contributed by atoms with Gasteiger partial charge in [-0.15, -0.1) is 0 Å². The van der Waals surface area contributed by atoms with E-state index >= 15 is 0 Å². The first kappa shape index (κ1) is 13.6. The van der Waals surface area contributed by atoms with Gasteiger partial charge in [-0.2, -0.15) is 10.4 Å². The third-order valence-electron chi connectivity index (χ3n) is 2.89. The molecule has 1 aromatic carbocycles. The van der Waals surface area contributed by atoms with Crippen LogP contribution in [0.3, 0.4) is 0 Å². The zero-order valence-corrected chi connectivity index (χ0v) is 11.1. The number of hydrogen-bond donors (Lipinski definition) is 2. The molecule has 0 saturated carbocycles. The van der Waals surface area contributed by atoms with Crippen molar-refractivity contribution in [2.24, 2.45) is 0 Å². The number of rotatable bonds is 4. The van der Waals surface area contributed by atoms with Crippen LogP contribution in [-0.4, -0.2) is 15.7 Å². The second kappa shape index (κ2) is 5.89. The van der Waals surface area contributed by atoms with Crippen LogP contribution in [-0.2, 0) is 13.1 Å². The summed E-state index contributed by atoms with van der Waals surface area (Å²) in [6, 6.07) is 9.15. The summed E-state index contributed by atoms with van der Waals surface area (Å²) in [6.45, 7) is 2.80. The first-order valence-electron chi connectivity index (χ1n) is 6.24. The molecule has 0 unspecified atom stereocenters. The van der Waals surface area contributed by atoms with E-state index in [0.717, 1.165) is 5.56 Å². The van der Waals surface area contributed by atoms with Crippen LogP contribution >= 0.6 is 0 Å². The van der Waals surface area contributed by atoms with Crippen molar-refractivity contribution >= 4 is 11.6 Å². The highest BCUT2D eigenvalue weighted by Crippen LogP contribution is 2.11. The first-order valence-corrected chi connectivity index (χ1v) is 6.24. The average molecular weight is 269 g/mol. The van der Waals surface area contributed by atoms with Crippen molar-refractivity contribution in [1.29, 1.82) is 5.26 Å². The maximum atomic E-state index is 12.1. The Morgan fingerprint density at radius 1 is 1.55 bits per heavy atom. The Kier molecular flexibility index (Phi) is 4.01. The van der Waals surface area contributed by atoms with E-state index in [1.165, 1.54) is 6.20 Å². The molecular formula is C14H15N5O. The van der Waals surface area contributed by atoms with Crippen LogP contribution in [0.2, 0.25) is 0 Å². The third kappa shape index (κ3) is 2.78. The first-order chi connectivity index (χ1) is 9.65. The van der Waals surface area contributed by atoms with Crippen molar-refractivity contribution in [3.63, 3.8) is 0 Å². The minimum Gasteiger partial charge on any atom is -0.396 e. The van der Waals surface area contributed by atoms with Gasteiger partial charge in [0.25, 0.3) is 5.91 Å². The SMILES string of the molecule is CCn1ncc(N)c1C(=O)NCc1cccc(C#N)c1. The van der Waals surface area contributed by atoms with E-state index in [-0.39, 0.29) is 5.91 Å². The lowest BCUT2D eigenvalue weighted by Gasteiger charge is -2.08. The monoisotopic (exact) mass is 269 g/mol. The Morgan fingerprint density at radius 3 is 3.05 bits per heavy atom. The van der Waals surface area contributed by atoms with E-state index in [1.807, 2.05) is 13.0 Å². The second-order valence-electron chi connectivity index (χ2n) is 4.26. The Morgan fingerprint density at radius 2 is 2.35 bits per heavy atom. The molecule has 0 aliphatic carbocycles. The summed E-state index contributed by atoms with van der Waals surface area (Å²) in [5, 5.41) is 15.6. The van der Waals surface area contributed by atoms with Crippen molar-refractivity contribution in [3.05, 3.63) is 47.3 Å². The third-order valence-corrected chi connectivity index (χ3v) is 2.89. The van der Waals surface area contributed by atoms with Crippen molar-refractivity contribution in [3.8, 4) is 6.07 Å². The number of nitrogens with one attached hydrogen (secondary N) is 1. The average Bonchev–Trinajstić information content (AvgIpc) is 2.86. The molecule has 20 heavy (non-hydrogen) atoms. The maximum absolute atomic E-state index is 12.1. The quantitative estimate of drug-likeness (QED) is 0.873. The number of nitriles is 1. The van der Waals surface area contributed by atoms with Gasteiger partial charge in [-0.05, 0) is 24.6 Å². The Labute approximate surface area is 116 Å². The molecular weight excluding hydrogens is 254 g/mol. The minimum absolute atomic E-state index is 0.274. The summed E-state index contributed by atoms with van der Waals surface area (Å²) in [6.07, 6.45) is 1.47. The summed E-state index contributed by atoms with van der Waals surface area (Å²) >= 11 is 0. The van der Waals surface area contributed by atoms with Crippen LogP contribution in [0.5, 0.6) is 0 Å². The van der Waals surface area contributed by atoms with E-state index in [1.54, 1.807) is 22.9 Å². The summed E-state index contributed by atoms with van der Waals surface area (Å²) in [5.41, 5.74) is 7.89. The zero-order valence-electron chi connectivity index (χ0n) is 11.1. The molecule has 1 amide bonds. The molecule has 0 saturated heterocycles. The molecule has 6 nitrogen and oxygen atoms in total. The highest BCUT2D eigenvalue weighted by Gasteiger charge is 2.15. The number of benzene rings is 1. The number of nitrogens with two attached hydrogens (primary N) is 1. The number of carbonyl (C=O) groups excluding carboxylic acids is 1. The number of hydrogen-bond acceptors (Lipinski definition) is 4. The second-order valence-corrected chi connectivity index (χ2v) is 4.26. The molecule has 0 radical (unpaired) electrons. The van der Waals surface area contributed by atoms with Gasteiger partial charge in [-0.1, -0.05) is 12.1 Å². The number of nitrogen functional groups attached to an aromatic ring is 1. The van der Waals surface area contributed by atoms with Gasteiger partial charge in [0.05, 0.1) is 23.5 Å². The highest BCUT2D eigenvalue weighted by atomic mass is 16.2. The van der Waals surface area contributed by atoms with Gasteiger partial charge in [-0.3, -0.25) is 9.48 Å². The molecule has 1 heterocycles. The predicted octanol–water partition coefficient (Wildman–Crippen LogP) is 1.29. The summed E-state index contributed by atoms with van der Waals surface area (Å²) in [5.74, 6) is -0.274.